The van der Waals surface area contributed by atoms with Gasteiger partial charge in [0.25, 0.3) is 0 Å². The number of alkyl halides is 3. The first kappa shape index (κ1) is 20.1. The third-order valence-electron chi connectivity index (χ3n) is 4.46. The fourth-order valence-electron chi connectivity index (χ4n) is 2.80. The molecule has 0 radical (unpaired) electrons. The Balaban J connectivity index is 1.49. The van der Waals surface area contributed by atoms with Crippen molar-refractivity contribution in [1.29, 1.82) is 0 Å². The van der Waals surface area contributed by atoms with Gasteiger partial charge in [0, 0.05) is 30.9 Å². The van der Waals surface area contributed by atoms with Crippen molar-refractivity contribution in [2.45, 2.75) is 32.5 Å². The van der Waals surface area contributed by atoms with Crippen molar-refractivity contribution in [2.75, 3.05) is 19.8 Å². The second-order valence-corrected chi connectivity index (χ2v) is 6.63. The molecule has 2 aromatic rings. The molecule has 0 aliphatic carbocycles. The van der Waals surface area contributed by atoms with Crippen LogP contribution in [-0.2, 0) is 17.6 Å². The molecule has 1 aliphatic heterocycles. The van der Waals surface area contributed by atoms with Crippen molar-refractivity contribution in [3.63, 3.8) is 0 Å². The minimum Gasteiger partial charge on any atom is -0.461 e. The molecule has 1 aliphatic rings. The molecule has 5 nitrogen and oxygen atoms in total. The molecule has 0 N–H and O–H groups in total. The van der Waals surface area contributed by atoms with Crippen LogP contribution in [0, 0.1) is 0 Å². The number of hydrogen-bond acceptors (Lipinski definition) is 5. The van der Waals surface area contributed by atoms with Crippen LogP contribution in [0.25, 0.3) is 0 Å². The number of ether oxygens (including phenoxy) is 1. The van der Waals surface area contributed by atoms with E-state index in [9.17, 15) is 13.2 Å². The van der Waals surface area contributed by atoms with E-state index in [1.807, 2.05) is 6.07 Å². The second-order valence-electron chi connectivity index (χ2n) is 6.63. The molecule has 150 valence electrons. The van der Waals surface area contributed by atoms with Gasteiger partial charge in [-0.1, -0.05) is 17.3 Å². The van der Waals surface area contributed by atoms with Gasteiger partial charge in [0.1, 0.15) is 13.3 Å². The topological polar surface area (TPSA) is 47.0 Å². The van der Waals surface area contributed by atoms with Crippen LogP contribution in [0.4, 0.5) is 13.2 Å². The summed E-state index contributed by atoms with van der Waals surface area (Å²) in [7, 11) is 0. The summed E-state index contributed by atoms with van der Waals surface area (Å²) in [6, 6.07) is 8.43. The Kier molecular flexibility index (Phi) is 6.51. The van der Waals surface area contributed by atoms with Crippen LogP contribution in [0.15, 0.2) is 47.8 Å². The fourth-order valence-corrected chi connectivity index (χ4v) is 2.80. The Labute approximate surface area is 161 Å². The lowest BCUT2D eigenvalue weighted by Crippen LogP contribution is -2.24. The van der Waals surface area contributed by atoms with E-state index in [1.54, 1.807) is 19.2 Å². The van der Waals surface area contributed by atoms with Gasteiger partial charge >= 0.3 is 6.18 Å². The van der Waals surface area contributed by atoms with Crippen LogP contribution >= 0.6 is 0 Å². The Bertz CT molecular complexity index is 784. The zero-order valence-corrected chi connectivity index (χ0v) is 15.6. The molecule has 0 amide bonds. The van der Waals surface area contributed by atoms with Gasteiger partial charge in [-0.25, -0.2) is 4.98 Å². The van der Waals surface area contributed by atoms with E-state index in [4.69, 9.17) is 9.57 Å². The predicted octanol–water partition coefficient (Wildman–Crippen LogP) is 4.47. The van der Waals surface area contributed by atoms with Gasteiger partial charge in [0.2, 0.25) is 5.88 Å². The van der Waals surface area contributed by atoms with E-state index in [-0.39, 0.29) is 6.61 Å². The number of likely N-dealkylation sites (tertiary alicyclic amines) is 1. The van der Waals surface area contributed by atoms with Crippen molar-refractivity contribution in [2.24, 2.45) is 5.16 Å². The fraction of sp³-hybridized carbons (Fsp3) is 0.400. The minimum atomic E-state index is -4.34. The standard InChI is InChI=1S/C20H22F3N3O2/c1-15(25-28-13-16-4-7-18(8-5-16)20(21,22)23)17-6-9-19(24-12-17)27-14-26-10-2-3-11-26/h4-9,12H,2-3,10-11,13-14H2,1H3/b25-15+. The Hall–Kier alpha value is -2.61. The molecule has 28 heavy (non-hydrogen) atoms. The zero-order chi connectivity index (χ0) is 20.0. The molecule has 2 heterocycles. The Morgan fingerprint density at radius 1 is 1.11 bits per heavy atom. The number of oxime groups is 1. The number of hydrogen-bond donors (Lipinski definition) is 0. The number of halogens is 3. The van der Waals surface area contributed by atoms with Crippen molar-refractivity contribution in [3.8, 4) is 5.88 Å². The maximum Gasteiger partial charge on any atom is 0.416 e. The van der Waals surface area contributed by atoms with Crippen molar-refractivity contribution in [1.82, 2.24) is 9.88 Å². The summed E-state index contributed by atoms with van der Waals surface area (Å²) in [6.45, 7) is 4.50. The molecule has 1 fully saturated rings. The number of benzene rings is 1. The molecular weight excluding hydrogens is 371 g/mol. The highest BCUT2D eigenvalue weighted by Crippen LogP contribution is 2.29. The van der Waals surface area contributed by atoms with Gasteiger partial charge < -0.3 is 9.57 Å². The van der Waals surface area contributed by atoms with Crippen molar-refractivity contribution < 1.29 is 22.7 Å². The smallest absolute Gasteiger partial charge is 0.416 e. The lowest BCUT2D eigenvalue weighted by Gasteiger charge is -2.14. The largest absolute Gasteiger partial charge is 0.461 e. The Morgan fingerprint density at radius 2 is 1.82 bits per heavy atom. The van der Waals surface area contributed by atoms with Gasteiger partial charge in [-0.2, -0.15) is 13.2 Å². The van der Waals surface area contributed by atoms with Crippen LogP contribution in [0.5, 0.6) is 5.88 Å². The highest BCUT2D eigenvalue weighted by Gasteiger charge is 2.29. The van der Waals surface area contributed by atoms with E-state index in [1.165, 1.54) is 25.0 Å². The summed E-state index contributed by atoms with van der Waals surface area (Å²) in [5, 5.41) is 4.00. The van der Waals surface area contributed by atoms with Gasteiger partial charge in [-0.3, -0.25) is 4.90 Å². The summed E-state index contributed by atoms with van der Waals surface area (Å²) in [5.41, 5.74) is 1.31. The highest BCUT2D eigenvalue weighted by atomic mass is 19.4. The van der Waals surface area contributed by atoms with Crippen molar-refractivity contribution in [3.05, 3.63) is 59.3 Å². The molecule has 1 aromatic carbocycles. The first-order valence-corrected chi connectivity index (χ1v) is 9.06. The lowest BCUT2D eigenvalue weighted by molar-refractivity contribution is -0.137. The van der Waals surface area contributed by atoms with E-state index in [0.717, 1.165) is 30.8 Å². The normalized spacial score (nSPS) is 15.6. The molecule has 0 atom stereocenters. The summed E-state index contributed by atoms with van der Waals surface area (Å²) in [6.07, 6.45) is -0.277. The van der Waals surface area contributed by atoms with Crippen molar-refractivity contribution >= 4 is 5.71 Å². The highest BCUT2D eigenvalue weighted by molar-refractivity contribution is 5.98. The molecular formula is C20H22F3N3O2. The quantitative estimate of drug-likeness (QED) is 0.514. The first-order chi connectivity index (χ1) is 13.4. The van der Waals surface area contributed by atoms with Crippen LogP contribution < -0.4 is 4.74 Å². The molecule has 3 rings (SSSR count). The monoisotopic (exact) mass is 393 g/mol. The molecule has 8 heteroatoms. The summed E-state index contributed by atoms with van der Waals surface area (Å²) < 4.78 is 43.3. The summed E-state index contributed by atoms with van der Waals surface area (Å²) in [4.78, 5) is 11.7. The molecule has 0 unspecified atom stereocenters. The maximum atomic E-state index is 12.6. The van der Waals surface area contributed by atoms with Gasteiger partial charge in [-0.05, 0) is 43.5 Å². The predicted molar refractivity (Wildman–Crippen MR) is 99.0 cm³/mol. The minimum absolute atomic E-state index is 0.0833. The number of nitrogens with zero attached hydrogens (tertiary/aromatic N) is 3. The second kappa shape index (κ2) is 9.05. The SMILES string of the molecule is C/C(=N\OCc1ccc(C(F)(F)F)cc1)c1ccc(OCN2CCCC2)nc1. The van der Waals surface area contributed by atoms with Crippen LogP contribution in [0.1, 0.15) is 36.5 Å². The molecule has 0 spiro atoms. The molecule has 0 saturated carbocycles. The first-order valence-electron chi connectivity index (χ1n) is 9.06. The van der Waals surface area contributed by atoms with E-state index in [2.05, 4.69) is 15.0 Å². The summed E-state index contributed by atoms with van der Waals surface area (Å²) >= 11 is 0. The number of aromatic nitrogens is 1. The van der Waals surface area contributed by atoms with Crippen LogP contribution in [-0.4, -0.2) is 35.4 Å². The summed E-state index contributed by atoms with van der Waals surface area (Å²) in [5.74, 6) is 0.550. The Morgan fingerprint density at radius 3 is 2.43 bits per heavy atom. The van der Waals surface area contributed by atoms with E-state index in [0.29, 0.717) is 23.9 Å². The molecule has 0 bridgehead atoms. The zero-order valence-electron chi connectivity index (χ0n) is 15.6. The van der Waals surface area contributed by atoms with E-state index >= 15 is 0 Å². The molecule has 1 saturated heterocycles. The average molecular weight is 393 g/mol. The van der Waals surface area contributed by atoms with Crippen LogP contribution in [0.3, 0.4) is 0 Å². The third-order valence-corrected chi connectivity index (χ3v) is 4.46. The molecule has 1 aromatic heterocycles. The third kappa shape index (κ3) is 5.69. The number of rotatable bonds is 7. The maximum absolute atomic E-state index is 12.6. The van der Waals surface area contributed by atoms with Gasteiger partial charge in [0.05, 0.1) is 11.3 Å². The van der Waals surface area contributed by atoms with Gasteiger partial charge in [-0.15, -0.1) is 0 Å². The van der Waals surface area contributed by atoms with Crippen LogP contribution in [0.2, 0.25) is 0 Å². The van der Waals surface area contributed by atoms with Gasteiger partial charge in [0.15, 0.2) is 0 Å². The average Bonchev–Trinajstić information content (AvgIpc) is 3.20. The number of pyridine rings is 1. The lowest BCUT2D eigenvalue weighted by atomic mass is 10.1. The van der Waals surface area contributed by atoms with E-state index < -0.39 is 11.7 Å².